The van der Waals surface area contributed by atoms with E-state index in [2.05, 4.69) is 23.9 Å². The smallest absolute Gasteiger partial charge is 0.253 e. The number of hydrogen-bond acceptors (Lipinski definition) is 5. The molecule has 1 amide bonds. The van der Waals surface area contributed by atoms with Crippen molar-refractivity contribution in [2.24, 2.45) is 5.92 Å². The summed E-state index contributed by atoms with van der Waals surface area (Å²) in [6, 6.07) is 7.39. The maximum Gasteiger partial charge on any atom is 0.253 e. The Morgan fingerprint density at radius 2 is 1.82 bits per heavy atom. The Bertz CT molecular complexity index is 755. The number of ether oxygens (including phenoxy) is 1. The minimum absolute atomic E-state index is 0.0979. The van der Waals surface area contributed by atoms with Crippen LogP contribution in [0.25, 0.3) is 0 Å². The van der Waals surface area contributed by atoms with Crippen LogP contribution in [-0.4, -0.2) is 53.6 Å². The van der Waals surface area contributed by atoms with Gasteiger partial charge in [-0.05, 0) is 57.0 Å². The summed E-state index contributed by atoms with van der Waals surface area (Å²) in [5.41, 5.74) is 2.52. The van der Waals surface area contributed by atoms with E-state index in [0.717, 1.165) is 61.4 Å². The molecule has 2 heterocycles. The van der Waals surface area contributed by atoms with Crippen LogP contribution >= 0.6 is 0 Å². The number of nitrogens with zero attached hydrogens (tertiary/aromatic N) is 3. The van der Waals surface area contributed by atoms with Gasteiger partial charge in [-0.3, -0.25) is 9.69 Å². The Hall–Kier alpha value is -2.34. The summed E-state index contributed by atoms with van der Waals surface area (Å²) in [4.78, 5) is 17.2. The van der Waals surface area contributed by atoms with Gasteiger partial charge in [-0.1, -0.05) is 19.0 Å². The van der Waals surface area contributed by atoms with Crippen LogP contribution in [0.3, 0.4) is 0 Å². The largest absolute Gasteiger partial charge is 0.489 e. The van der Waals surface area contributed by atoms with Gasteiger partial charge in [0.25, 0.3) is 5.91 Å². The highest BCUT2D eigenvalue weighted by molar-refractivity contribution is 5.94. The van der Waals surface area contributed by atoms with Gasteiger partial charge in [0, 0.05) is 31.7 Å². The average Bonchev–Trinajstić information content (AvgIpc) is 3.02. The van der Waals surface area contributed by atoms with E-state index in [0.29, 0.717) is 12.2 Å². The van der Waals surface area contributed by atoms with Crippen molar-refractivity contribution in [3.05, 3.63) is 46.8 Å². The zero-order chi connectivity index (χ0) is 20.1. The van der Waals surface area contributed by atoms with Gasteiger partial charge < -0.3 is 14.2 Å². The highest BCUT2D eigenvalue weighted by Gasteiger charge is 2.22. The lowest BCUT2D eigenvalue weighted by atomic mass is 10.1. The SMILES string of the molecule is Cc1noc(C)c1COc1ccc(C(=O)N2CCN(CCC(C)C)CC2)cc1. The predicted molar refractivity (Wildman–Crippen MR) is 109 cm³/mol. The van der Waals surface area contributed by atoms with Crippen LogP contribution in [0.4, 0.5) is 0 Å². The van der Waals surface area contributed by atoms with Gasteiger partial charge in [-0.15, -0.1) is 0 Å². The van der Waals surface area contributed by atoms with Crippen molar-refractivity contribution in [3.8, 4) is 5.75 Å². The number of aryl methyl sites for hydroxylation is 2. The molecular weight excluding hydrogens is 354 g/mol. The molecule has 3 rings (SSSR count). The van der Waals surface area contributed by atoms with Crippen molar-refractivity contribution in [2.45, 2.75) is 40.7 Å². The molecule has 0 bridgehead atoms. The van der Waals surface area contributed by atoms with Gasteiger partial charge in [0.15, 0.2) is 0 Å². The van der Waals surface area contributed by atoms with E-state index in [4.69, 9.17) is 9.26 Å². The van der Waals surface area contributed by atoms with Crippen molar-refractivity contribution in [3.63, 3.8) is 0 Å². The van der Waals surface area contributed by atoms with E-state index in [-0.39, 0.29) is 5.91 Å². The fourth-order valence-electron chi connectivity index (χ4n) is 3.36. The minimum atomic E-state index is 0.0979. The normalized spacial score (nSPS) is 15.2. The van der Waals surface area contributed by atoms with Crippen molar-refractivity contribution in [2.75, 3.05) is 32.7 Å². The Morgan fingerprint density at radius 3 is 2.39 bits per heavy atom. The molecule has 0 N–H and O–H groups in total. The third-order valence-corrected chi connectivity index (χ3v) is 5.35. The number of rotatable bonds is 7. The van der Waals surface area contributed by atoms with Crippen LogP contribution in [0.5, 0.6) is 5.75 Å². The van der Waals surface area contributed by atoms with E-state index in [9.17, 15) is 4.79 Å². The first-order valence-electron chi connectivity index (χ1n) is 10.1. The lowest BCUT2D eigenvalue weighted by molar-refractivity contribution is 0.0632. The molecule has 6 nitrogen and oxygen atoms in total. The monoisotopic (exact) mass is 385 g/mol. The molecule has 0 spiro atoms. The second-order valence-electron chi connectivity index (χ2n) is 7.93. The molecule has 0 radical (unpaired) electrons. The van der Waals surface area contributed by atoms with Crippen molar-refractivity contribution in [1.82, 2.24) is 15.0 Å². The summed E-state index contributed by atoms with van der Waals surface area (Å²) in [6.07, 6.45) is 1.21. The second-order valence-corrected chi connectivity index (χ2v) is 7.93. The lowest BCUT2D eigenvalue weighted by Crippen LogP contribution is -2.48. The molecule has 1 aliphatic rings. The predicted octanol–water partition coefficient (Wildman–Crippen LogP) is 3.67. The summed E-state index contributed by atoms with van der Waals surface area (Å²) in [5, 5.41) is 3.93. The number of benzene rings is 1. The Balaban J connectivity index is 1.50. The molecule has 0 aliphatic carbocycles. The van der Waals surface area contributed by atoms with Crippen LogP contribution in [0, 0.1) is 19.8 Å². The third-order valence-electron chi connectivity index (χ3n) is 5.35. The van der Waals surface area contributed by atoms with Crippen LogP contribution in [-0.2, 0) is 6.61 Å². The summed E-state index contributed by atoms with van der Waals surface area (Å²) in [6.45, 7) is 13.3. The molecule has 0 saturated carbocycles. The van der Waals surface area contributed by atoms with Gasteiger partial charge in [0.2, 0.25) is 0 Å². The minimum Gasteiger partial charge on any atom is -0.489 e. The molecule has 1 fully saturated rings. The number of piperazine rings is 1. The number of aromatic nitrogens is 1. The van der Waals surface area contributed by atoms with Gasteiger partial charge in [-0.2, -0.15) is 0 Å². The molecule has 1 aromatic heterocycles. The molecule has 0 unspecified atom stereocenters. The van der Waals surface area contributed by atoms with Crippen LogP contribution in [0.1, 0.15) is 47.6 Å². The van der Waals surface area contributed by atoms with Crippen molar-refractivity contribution < 1.29 is 14.1 Å². The molecule has 1 aliphatic heterocycles. The molecule has 0 atom stereocenters. The highest BCUT2D eigenvalue weighted by Crippen LogP contribution is 2.19. The van der Waals surface area contributed by atoms with E-state index >= 15 is 0 Å². The van der Waals surface area contributed by atoms with Crippen LogP contribution < -0.4 is 4.74 Å². The fraction of sp³-hybridized carbons (Fsp3) is 0.545. The number of amides is 1. The van der Waals surface area contributed by atoms with E-state index in [1.165, 1.54) is 6.42 Å². The van der Waals surface area contributed by atoms with Gasteiger partial charge in [0.05, 0.1) is 11.3 Å². The molecule has 28 heavy (non-hydrogen) atoms. The molecule has 1 aromatic carbocycles. The molecule has 2 aromatic rings. The Morgan fingerprint density at radius 1 is 1.14 bits per heavy atom. The van der Waals surface area contributed by atoms with Crippen LogP contribution in [0.15, 0.2) is 28.8 Å². The first-order valence-corrected chi connectivity index (χ1v) is 10.1. The van der Waals surface area contributed by atoms with E-state index in [1.807, 2.05) is 43.0 Å². The quantitative estimate of drug-likeness (QED) is 0.728. The molecular formula is C22H31N3O3. The zero-order valence-corrected chi connectivity index (χ0v) is 17.4. The van der Waals surface area contributed by atoms with E-state index in [1.54, 1.807) is 0 Å². The zero-order valence-electron chi connectivity index (χ0n) is 17.4. The Labute approximate surface area is 167 Å². The average molecular weight is 386 g/mol. The fourth-order valence-corrected chi connectivity index (χ4v) is 3.36. The maximum absolute atomic E-state index is 12.8. The second kappa shape index (κ2) is 9.24. The third kappa shape index (κ3) is 5.13. The highest BCUT2D eigenvalue weighted by atomic mass is 16.5. The van der Waals surface area contributed by atoms with Crippen LogP contribution in [0.2, 0.25) is 0 Å². The summed E-state index contributed by atoms with van der Waals surface area (Å²) in [5.74, 6) is 2.32. The van der Waals surface area contributed by atoms with E-state index < -0.39 is 0 Å². The van der Waals surface area contributed by atoms with Gasteiger partial charge in [-0.25, -0.2) is 0 Å². The number of carbonyl (C=O) groups excluding carboxylic acids is 1. The topological polar surface area (TPSA) is 58.8 Å². The summed E-state index contributed by atoms with van der Waals surface area (Å²) in [7, 11) is 0. The first-order chi connectivity index (χ1) is 13.4. The molecule has 6 heteroatoms. The van der Waals surface area contributed by atoms with Crippen molar-refractivity contribution >= 4 is 5.91 Å². The number of hydrogen-bond donors (Lipinski definition) is 0. The maximum atomic E-state index is 12.8. The molecule has 152 valence electrons. The van der Waals surface area contributed by atoms with Gasteiger partial charge >= 0.3 is 0 Å². The Kier molecular flexibility index (Phi) is 6.73. The standard InChI is InChI=1S/C22H31N3O3/c1-16(2)9-10-24-11-13-25(14-12-24)22(26)19-5-7-20(8-6-19)27-15-21-17(3)23-28-18(21)4/h5-8,16H,9-15H2,1-4H3. The van der Waals surface area contributed by atoms with Crippen molar-refractivity contribution in [1.29, 1.82) is 0 Å². The van der Waals surface area contributed by atoms with Gasteiger partial charge in [0.1, 0.15) is 18.1 Å². The lowest BCUT2D eigenvalue weighted by Gasteiger charge is -2.35. The first kappa shape index (κ1) is 20.4. The molecule has 1 saturated heterocycles. The summed E-state index contributed by atoms with van der Waals surface area (Å²) >= 11 is 0. The summed E-state index contributed by atoms with van der Waals surface area (Å²) < 4.78 is 11.0. The number of carbonyl (C=O) groups is 1.